The van der Waals surface area contributed by atoms with Gasteiger partial charge in [0.2, 0.25) is 0 Å². The number of aldehydes is 1. The smallest absolute Gasteiger partial charge is 0.315 e. The van der Waals surface area contributed by atoms with Crippen molar-refractivity contribution in [2.75, 3.05) is 0 Å². The molecule has 90 valence electrons. The monoisotopic (exact) mass is 240 g/mol. The van der Waals surface area contributed by atoms with Gasteiger partial charge in [0.15, 0.2) is 0 Å². The number of esters is 1. The molecule has 0 unspecified atom stereocenters. The average Bonchev–Trinajstić information content (AvgIpc) is 2.40. The quantitative estimate of drug-likeness (QED) is 0.469. The first-order valence-electron chi connectivity index (χ1n) is 5.58. The van der Waals surface area contributed by atoms with Gasteiger partial charge in [-0.1, -0.05) is 30.3 Å². The molecule has 2 aromatic rings. The van der Waals surface area contributed by atoms with Crippen LogP contribution in [-0.4, -0.2) is 12.3 Å². The Morgan fingerprint density at radius 2 is 1.67 bits per heavy atom. The number of carbonyl (C=O) groups excluding carboxylic acids is 2. The molecule has 0 aliphatic heterocycles. The second kappa shape index (κ2) is 5.77. The minimum absolute atomic E-state index is 0.232. The molecule has 0 aromatic heterocycles. The van der Waals surface area contributed by atoms with Crippen molar-refractivity contribution in [3.63, 3.8) is 0 Å². The van der Waals surface area contributed by atoms with Crippen LogP contribution in [0, 0.1) is 0 Å². The Labute approximate surface area is 105 Å². The van der Waals surface area contributed by atoms with E-state index in [0.717, 1.165) is 11.8 Å². The molecule has 0 saturated heterocycles. The summed E-state index contributed by atoms with van der Waals surface area (Å²) < 4.78 is 5.16. The normalized spacial score (nSPS) is 9.78. The molecule has 0 spiro atoms. The molecule has 3 heteroatoms. The van der Waals surface area contributed by atoms with Gasteiger partial charge in [-0.05, 0) is 29.8 Å². The second-order valence-electron chi connectivity index (χ2n) is 3.82. The zero-order chi connectivity index (χ0) is 12.8. The van der Waals surface area contributed by atoms with Crippen LogP contribution < -0.4 is 4.74 Å². The van der Waals surface area contributed by atoms with Crippen molar-refractivity contribution < 1.29 is 14.3 Å². The molecule has 0 aliphatic carbocycles. The molecule has 0 saturated carbocycles. The Morgan fingerprint density at radius 3 is 2.28 bits per heavy atom. The minimum atomic E-state index is -0.319. The first-order valence-corrected chi connectivity index (χ1v) is 5.58. The molecular weight excluding hydrogens is 228 g/mol. The lowest BCUT2D eigenvalue weighted by Gasteiger charge is -2.04. The van der Waals surface area contributed by atoms with Crippen molar-refractivity contribution in [1.82, 2.24) is 0 Å². The third-order valence-corrected chi connectivity index (χ3v) is 2.44. The fourth-order valence-corrected chi connectivity index (χ4v) is 1.54. The Kier molecular flexibility index (Phi) is 3.86. The highest BCUT2D eigenvalue weighted by molar-refractivity contribution is 5.77. The van der Waals surface area contributed by atoms with Crippen molar-refractivity contribution >= 4 is 12.3 Å². The number of rotatable bonds is 4. The fraction of sp³-hybridized carbons (Fsp3) is 0.0667. The molecule has 0 radical (unpaired) electrons. The van der Waals surface area contributed by atoms with E-state index in [0.29, 0.717) is 11.3 Å². The molecule has 2 rings (SSSR count). The van der Waals surface area contributed by atoms with E-state index in [9.17, 15) is 9.59 Å². The summed E-state index contributed by atoms with van der Waals surface area (Å²) in [5.74, 6) is 0.126. The van der Waals surface area contributed by atoms with Crippen molar-refractivity contribution in [1.29, 1.82) is 0 Å². The van der Waals surface area contributed by atoms with Crippen LogP contribution in [0.1, 0.15) is 15.9 Å². The van der Waals surface area contributed by atoms with E-state index in [-0.39, 0.29) is 12.4 Å². The largest absolute Gasteiger partial charge is 0.426 e. The van der Waals surface area contributed by atoms with Crippen LogP contribution in [0.2, 0.25) is 0 Å². The maximum Gasteiger partial charge on any atom is 0.315 e. The first kappa shape index (κ1) is 12.0. The maximum atomic E-state index is 11.6. The standard InChI is InChI=1S/C15H12O3/c16-11-13-6-8-14(9-7-13)18-15(17)10-12-4-2-1-3-5-12/h1-9,11H,10H2. The molecule has 3 nitrogen and oxygen atoms in total. The highest BCUT2D eigenvalue weighted by atomic mass is 16.5. The van der Waals surface area contributed by atoms with Gasteiger partial charge < -0.3 is 4.74 Å². The average molecular weight is 240 g/mol. The van der Waals surface area contributed by atoms with Gasteiger partial charge in [0.25, 0.3) is 0 Å². The summed E-state index contributed by atoms with van der Waals surface area (Å²) in [6.45, 7) is 0. The summed E-state index contributed by atoms with van der Waals surface area (Å²) in [7, 11) is 0. The third-order valence-electron chi connectivity index (χ3n) is 2.44. The predicted molar refractivity (Wildman–Crippen MR) is 67.6 cm³/mol. The second-order valence-corrected chi connectivity index (χ2v) is 3.82. The van der Waals surface area contributed by atoms with Crippen LogP contribution in [0.4, 0.5) is 0 Å². The molecular formula is C15H12O3. The summed E-state index contributed by atoms with van der Waals surface area (Å²) in [6.07, 6.45) is 0.978. The topological polar surface area (TPSA) is 43.4 Å². The predicted octanol–water partition coefficient (Wildman–Crippen LogP) is 2.65. The number of hydrogen-bond acceptors (Lipinski definition) is 3. The van der Waals surface area contributed by atoms with E-state index >= 15 is 0 Å². The molecule has 0 amide bonds. The molecule has 0 bridgehead atoms. The highest BCUT2D eigenvalue weighted by Gasteiger charge is 2.05. The van der Waals surface area contributed by atoms with Gasteiger partial charge in [0.1, 0.15) is 12.0 Å². The zero-order valence-electron chi connectivity index (χ0n) is 9.71. The molecule has 0 N–H and O–H groups in total. The maximum absolute atomic E-state index is 11.6. The van der Waals surface area contributed by atoms with Gasteiger partial charge in [0.05, 0.1) is 6.42 Å². The van der Waals surface area contributed by atoms with E-state index in [2.05, 4.69) is 0 Å². The van der Waals surface area contributed by atoms with Gasteiger partial charge in [-0.15, -0.1) is 0 Å². The third kappa shape index (κ3) is 3.28. The Hall–Kier alpha value is -2.42. The van der Waals surface area contributed by atoms with Crippen LogP contribution in [-0.2, 0) is 11.2 Å². The Bertz CT molecular complexity index is 529. The van der Waals surface area contributed by atoms with Gasteiger partial charge >= 0.3 is 5.97 Å². The summed E-state index contributed by atoms with van der Waals surface area (Å²) in [4.78, 5) is 22.1. The van der Waals surface area contributed by atoms with Crippen LogP contribution in [0.15, 0.2) is 54.6 Å². The van der Waals surface area contributed by atoms with E-state index in [4.69, 9.17) is 4.74 Å². The fourth-order valence-electron chi connectivity index (χ4n) is 1.54. The Balaban J connectivity index is 1.96. The lowest BCUT2D eigenvalue weighted by Crippen LogP contribution is -2.11. The molecule has 2 aromatic carbocycles. The molecule has 0 fully saturated rings. The molecule has 0 heterocycles. The summed E-state index contributed by atoms with van der Waals surface area (Å²) in [5, 5.41) is 0. The van der Waals surface area contributed by atoms with Crippen molar-refractivity contribution in [3.05, 3.63) is 65.7 Å². The Morgan fingerprint density at radius 1 is 1.00 bits per heavy atom. The number of hydrogen-bond donors (Lipinski definition) is 0. The summed E-state index contributed by atoms with van der Waals surface area (Å²) in [6, 6.07) is 15.8. The number of benzene rings is 2. The van der Waals surface area contributed by atoms with Crippen molar-refractivity contribution in [3.8, 4) is 5.75 Å². The van der Waals surface area contributed by atoms with Crippen LogP contribution in [0.3, 0.4) is 0 Å². The van der Waals surface area contributed by atoms with E-state index in [1.807, 2.05) is 30.3 Å². The minimum Gasteiger partial charge on any atom is -0.426 e. The van der Waals surface area contributed by atoms with E-state index in [1.165, 1.54) is 0 Å². The van der Waals surface area contributed by atoms with Crippen molar-refractivity contribution in [2.45, 2.75) is 6.42 Å². The lowest BCUT2D eigenvalue weighted by molar-refractivity contribution is -0.133. The van der Waals surface area contributed by atoms with E-state index < -0.39 is 0 Å². The van der Waals surface area contributed by atoms with Crippen LogP contribution in [0.25, 0.3) is 0 Å². The van der Waals surface area contributed by atoms with E-state index in [1.54, 1.807) is 24.3 Å². The molecule has 0 atom stereocenters. The van der Waals surface area contributed by atoms with Gasteiger partial charge in [-0.2, -0.15) is 0 Å². The van der Waals surface area contributed by atoms with Gasteiger partial charge in [-0.3, -0.25) is 9.59 Å². The SMILES string of the molecule is O=Cc1ccc(OC(=O)Cc2ccccc2)cc1. The lowest BCUT2D eigenvalue weighted by atomic mass is 10.1. The summed E-state index contributed by atoms with van der Waals surface area (Å²) in [5.41, 5.74) is 1.46. The summed E-state index contributed by atoms with van der Waals surface area (Å²) >= 11 is 0. The number of carbonyl (C=O) groups is 2. The first-order chi connectivity index (χ1) is 8.78. The van der Waals surface area contributed by atoms with Gasteiger partial charge in [0, 0.05) is 5.56 Å². The zero-order valence-corrected chi connectivity index (χ0v) is 9.71. The van der Waals surface area contributed by atoms with Gasteiger partial charge in [-0.25, -0.2) is 0 Å². The van der Waals surface area contributed by atoms with Crippen LogP contribution >= 0.6 is 0 Å². The van der Waals surface area contributed by atoms with Crippen LogP contribution in [0.5, 0.6) is 5.75 Å². The van der Waals surface area contributed by atoms with Crippen molar-refractivity contribution in [2.24, 2.45) is 0 Å². The molecule has 0 aliphatic rings. The molecule has 18 heavy (non-hydrogen) atoms. The highest BCUT2D eigenvalue weighted by Crippen LogP contribution is 2.12. The number of ether oxygens (including phenoxy) is 1.